The highest BCUT2D eigenvalue weighted by atomic mass is 32.2. The van der Waals surface area contributed by atoms with Gasteiger partial charge in [0.1, 0.15) is 0 Å². The average Bonchev–Trinajstić information content (AvgIpc) is 2.58. The molecule has 160 valence electrons. The van der Waals surface area contributed by atoms with Gasteiger partial charge in [-0.05, 0) is 39.3 Å². The number of hydrogen-bond acceptors (Lipinski definition) is 6. The lowest BCUT2D eigenvalue weighted by molar-refractivity contribution is -0.154. The van der Waals surface area contributed by atoms with Crippen molar-refractivity contribution >= 4 is 9.84 Å². The zero-order valence-electron chi connectivity index (χ0n) is 16.7. The summed E-state index contributed by atoms with van der Waals surface area (Å²) in [6, 6.07) is 0.953. The van der Waals surface area contributed by atoms with Gasteiger partial charge in [0.25, 0.3) is 5.56 Å². The summed E-state index contributed by atoms with van der Waals surface area (Å²) < 4.78 is 68.4. The van der Waals surface area contributed by atoms with Crippen LogP contribution in [0.1, 0.15) is 30.7 Å². The van der Waals surface area contributed by atoms with Gasteiger partial charge in [-0.3, -0.25) is 4.79 Å². The number of hydrogen-bond donors (Lipinski definition) is 0. The first-order chi connectivity index (χ1) is 13.2. The molecule has 0 radical (unpaired) electrons. The molecular weight excluding hydrogens is 411 g/mol. The second kappa shape index (κ2) is 8.13. The van der Waals surface area contributed by atoms with E-state index in [1.54, 1.807) is 13.8 Å². The molecule has 7 nitrogen and oxygen atoms in total. The van der Waals surface area contributed by atoms with Crippen LogP contribution in [0.25, 0.3) is 11.3 Å². The first kappa shape index (κ1) is 22.9. The van der Waals surface area contributed by atoms with Crippen molar-refractivity contribution in [3.63, 3.8) is 0 Å². The molecule has 0 N–H and O–H groups in total. The Hall–Kier alpha value is -2.43. The molecule has 0 bridgehead atoms. The Morgan fingerprint density at radius 1 is 1.21 bits per heavy atom. The lowest BCUT2D eigenvalue weighted by atomic mass is 10.1. The Labute approximate surface area is 166 Å². The van der Waals surface area contributed by atoms with Crippen molar-refractivity contribution in [1.82, 2.24) is 14.5 Å². The highest BCUT2D eigenvalue weighted by Crippen LogP contribution is 2.27. The minimum Gasteiger partial charge on any atom is -0.454 e. The monoisotopic (exact) mass is 433 g/mol. The number of pyridine rings is 1. The fourth-order valence-electron chi connectivity index (χ4n) is 2.54. The van der Waals surface area contributed by atoms with Crippen molar-refractivity contribution in [2.45, 2.75) is 44.9 Å². The largest absolute Gasteiger partial charge is 0.454 e. The van der Waals surface area contributed by atoms with Gasteiger partial charge in [-0.2, -0.15) is 23.1 Å². The summed E-state index contributed by atoms with van der Waals surface area (Å²) in [5, 5.41) is -0.695. The molecule has 2 heterocycles. The number of rotatable bonds is 6. The van der Waals surface area contributed by atoms with Crippen molar-refractivity contribution in [2.75, 3.05) is 6.61 Å². The third-order valence-corrected chi connectivity index (χ3v) is 6.40. The molecule has 2 rings (SSSR count). The van der Waals surface area contributed by atoms with Gasteiger partial charge in [-0.25, -0.2) is 8.42 Å². The smallest absolute Gasteiger partial charge is 0.422 e. The summed E-state index contributed by atoms with van der Waals surface area (Å²) in [6.45, 7) is 4.56. The predicted octanol–water partition coefficient (Wildman–Crippen LogP) is 2.72. The minimum atomic E-state index is -4.61. The van der Waals surface area contributed by atoms with E-state index in [0.717, 1.165) is 0 Å². The molecule has 0 aliphatic rings. The van der Waals surface area contributed by atoms with Crippen LogP contribution in [-0.2, 0) is 22.6 Å². The first-order valence-electron chi connectivity index (χ1n) is 8.67. The summed E-state index contributed by atoms with van der Waals surface area (Å²) in [6.07, 6.45) is -3.13. The molecule has 11 heteroatoms. The third-order valence-electron chi connectivity index (χ3n) is 4.28. The molecule has 2 aromatic rings. The van der Waals surface area contributed by atoms with E-state index in [4.69, 9.17) is 0 Å². The van der Waals surface area contributed by atoms with Gasteiger partial charge in [0.15, 0.2) is 16.4 Å². The van der Waals surface area contributed by atoms with Gasteiger partial charge >= 0.3 is 12.2 Å². The number of nitrogens with zero attached hydrogens (tertiary/aromatic N) is 3. The maximum absolute atomic E-state index is 12.6. The van der Waals surface area contributed by atoms with E-state index < -0.39 is 39.6 Å². The molecule has 2 aromatic heterocycles. The van der Waals surface area contributed by atoms with Crippen molar-refractivity contribution in [2.24, 2.45) is 7.05 Å². The molecule has 0 amide bonds. The highest BCUT2D eigenvalue weighted by Gasteiger charge is 2.30. The van der Waals surface area contributed by atoms with Gasteiger partial charge in [0, 0.05) is 24.4 Å². The quantitative estimate of drug-likeness (QED) is 0.696. The molecule has 0 aliphatic carbocycles. The Balaban J connectivity index is 2.65. The van der Waals surface area contributed by atoms with Crippen LogP contribution in [0.15, 0.2) is 17.1 Å². The lowest BCUT2D eigenvalue weighted by Gasteiger charge is -2.16. The van der Waals surface area contributed by atoms with Gasteiger partial charge in [-0.15, -0.1) is 0 Å². The topological polar surface area (TPSA) is 91.2 Å². The number of halogens is 3. The average molecular weight is 433 g/mol. The van der Waals surface area contributed by atoms with Gasteiger partial charge in [0.2, 0.25) is 0 Å². The van der Waals surface area contributed by atoms with E-state index in [-0.39, 0.29) is 16.9 Å². The Morgan fingerprint density at radius 2 is 1.83 bits per heavy atom. The number of aryl methyl sites for hydroxylation is 2. The van der Waals surface area contributed by atoms with Gasteiger partial charge in [-0.1, -0.05) is 0 Å². The summed E-state index contributed by atoms with van der Waals surface area (Å²) in [4.78, 5) is 19.9. The van der Waals surface area contributed by atoms with Gasteiger partial charge in [0.05, 0.1) is 22.4 Å². The molecular formula is C18H22F3N3O4S. The second-order valence-electron chi connectivity index (χ2n) is 7.01. The molecule has 29 heavy (non-hydrogen) atoms. The maximum Gasteiger partial charge on any atom is 0.422 e. The minimum absolute atomic E-state index is 0.0485. The van der Waals surface area contributed by atoms with Crippen molar-refractivity contribution in [3.05, 3.63) is 39.4 Å². The SMILES string of the molecule is Cc1c(CS(=O)(=O)C(C)C)nc(OCC(F)(F)F)nc1-c1cc(C)c(=O)n(C)c1. The molecule has 0 aliphatic heterocycles. The maximum atomic E-state index is 12.6. The molecule has 0 saturated carbocycles. The van der Waals surface area contributed by atoms with Crippen LogP contribution < -0.4 is 10.3 Å². The van der Waals surface area contributed by atoms with Crippen LogP contribution in [0.3, 0.4) is 0 Å². The summed E-state index contributed by atoms with van der Waals surface area (Å²) >= 11 is 0. The first-order valence-corrected chi connectivity index (χ1v) is 10.4. The lowest BCUT2D eigenvalue weighted by Crippen LogP contribution is -2.22. The molecule has 0 saturated heterocycles. The van der Waals surface area contributed by atoms with Crippen molar-refractivity contribution in [1.29, 1.82) is 0 Å². The van der Waals surface area contributed by atoms with Crippen LogP contribution in [0.4, 0.5) is 13.2 Å². The van der Waals surface area contributed by atoms with E-state index in [1.165, 1.54) is 37.7 Å². The zero-order chi connectivity index (χ0) is 22.1. The molecule has 0 aromatic carbocycles. The van der Waals surface area contributed by atoms with E-state index in [2.05, 4.69) is 14.7 Å². The number of aromatic nitrogens is 3. The molecule has 0 fully saturated rings. The van der Waals surface area contributed by atoms with Crippen molar-refractivity contribution in [3.8, 4) is 17.3 Å². The predicted molar refractivity (Wildman–Crippen MR) is 101 cm³/mol. The van der Waals surface area contributed by atoms with Gasteiger partial charge < -0.3 is 9.30 Å². The second-order valence-corrected chi connectivity index (χ2v) is 9.57. The van der Waals surface area contributed by atoms with E-state index in [1.807, 2.05) is 0 Å². The van der Waals surface area contributed by atoms with Crippen LogP contribution in [0.2, 0.25) is 0 Å². The van der Waals surface area contributed by atoms with E-state index in [9.17, 15) is 26.4 Å². The van der Waals surface area contributed by atoms with Crippen LogP contribution in [0.5, 0.6) is 6.01 Å². The van der Waals surface area contributed by atoms with E-state index >= 15 is 0 Å². The van der Waals surface area contributed by atoms with Crippen LogP contribution in [0, 0.1) is 13.8 Å². The Kier molecular flexibility index (Phi) is 6.41. The summed E-state index contributed by atoms with van der Waals surface area (Å²) in [5.41, 5.74) is 1.22. The van der Waals surface area contributed by atoms with Crippen LogP contribution in [-0.4, -0.2) is 41.0 Å². The fourth-order valence-corrected chi connectivity index (χ4v) is 3.53. The normalized spacial score (nSPS) is 12.4. The zero-order valence-corrected chi connectivity index (χ0v) is 17.5. The highest BCUT2D eigenvalue weighted by molar-refractivity contribution is 7.91. The van der Waals surface area contributed by atoms with E-state index in [0.29, 0.717) is 16.7 Å². The number of alkyl halides is 3. The molecule has 0 atom stereocenters. The number of ether oxygens (including phenoxy) is 1. The molecule has 0 spiro atoms. The summed E-state index contributed by atoms with van der Waals surface area (Å²) in [5.74, 6) is -0.473. The Bertz CT molecular complexity index is 1050. The Morgan fingerprint density at radius 3 is 2.34 bits per heavy atom. The third kappa shape index (κ3) is 5.55. The molecule has 0 unspecified atom stereocenters. The standard InChI is InChI=1S/C18H22F3N3O4S/c1-10(2)29(26,27)8-14-12(4)15(13-6-11(3)16(25)24(5)7-13)23-17(22-14)28-9-18(19,20)21/h6-7,10H,8-9H2,1-5H3. The summed E-state index contributed by atoms with van der Waals surface area (Å²) in [7, 11) is -2.05. The number of sulfone groups is 1. The van der Waals surface area contributed by atoms with Crippen molar-refractivity contribution < 1.29 is 26.3 Å². The van der Waals surface area contributed by atoms with Crippen LogP contribution >= 0.6 is 0 Å². The fraction of sp³-hybridized carbons (Fsp3) is 0.500.